The molecule has 0 aliphatic heterocycles. The van der Waals surface area contributed by atoms with Crippen LogP contribution in [-0.4, -0.2) is 49.3 Å². The van der Waals surface area contributed by atoms with Gasteiger partial charge < -0.3 is 31.3 Å². The molecule has 2 aromatic carbocycles. The van der Waals surface area contributed by atoms with Gasteiger partial charge in [-0.3, -0.25) is 4.98 Å². The number of aromatic nitrogens is 4. The van der Waals surface area contributed by atoms with Crippen LogP contribution < -0.4 is 26.8 Å². The number of nitriles is 1. The lowest BCUT2D eigenvalue weighted by Gasteiger charge is -2.22. The topological polar surface area (TPSA) is 204 Å². The standard InChI is InChI=1S/C27H27FN8O5/c1-2-15-10-19(22(28)21(11-15)41-9-8-37)23(24-34-26(38)36(35-24)25-20(30)4-3-7-31-25)33-18-6-5-16(13-29)17(12-18)14-32-27(39)40/h3-7,10-12,23,32-33,37H,2,8-9,14,30H2,1H3,(H,39,40)(H,34,35,38). The van der Waals surface area contributed by atoms with Gasteiger partial charge in [-0.25, -0.2) is 19.0 Å². The summed E-state index contributed by atoms with van der Waals surface area (Å²) in [7, 11) is 0. The lowest BCUT2D eigenvalue weighted by atomic mass is 9.99. The number of carbonyl (C=O) groups is 1. The molecule has 0 saturated carbocycles. The number of aromatic amines is 1. The van der Waals surface area contributed by atoms with Crippen LogP contribution in [0.4, 0.5) is 20.6 Å². The Morgan fingerprint density at radius 2 is 2.12 bits per heavy atom. The molecule has 1 atom stereocenters. The van der Waals surface area contributed by atoms with Crippen molar-refractivity contribution in [3.05, 3.63) is 93.0 Å². The fraction of sp³-hybridized carbons (Fsp3) is 0.222. The highest BCUT2D eigenvalue weighted by molar-refractivity contribution is 5.65. The molecule has 2 aromatic heterocycles. The zero-order chi connectivity index (χ0) is 29.5. The molecular formula is C27H27FN8O5. The van der Waals surface area contributed by atoms with Crippen LogP contribution in [0.25, 0.3) is 5.82 Å². The lowest BCUT2D eigenvalue weighted by molar-refractivity contribution is 0.194. The number of pyridine rings is 1. The molecule has 0 spiro atoms. The van der Waals surface area contributed by atoms with Crippen LogP contribution in [0, 0.1) is 17.1 Å². The number of aliphatic hydroxyl groups excluding tert-OH is 1. The Morgan fingerprint density at radius 3 is 2.80 bits per heavy atom. The second kappa shape index (κ2) is 12.6. The third kappa shape index (κ3) is 6.43. The molecule has 0 bridgehead atoms. The van der Waals surface area contributed by atoms with Crippen LogP contribution >= 0.6 is 0 Å². The van der Waals surface area contributed by atoms with Crippen molar-refractivity contribution in [1.82, 2.24) is 25.1 Å². The van der Waals surface area contributed by atoms with Gasteiger partial charge in [0.1, 0.15) is 12.6 Å². The molecule has 13 nitrogen and oxygen atoms in total. The van der Waals surface area contributed by atoms with Crippen LogP contribution in [0.2, 0.25) is 0 Å². The van der Waals surface area contributed by atoms with Gasteiger partial charge in [0.15, 0.2) is 23.2 Å². The Bertz CT molecular complexity index is 1660. The first-order valence-electron chi connectivity index (χ1n) is 12.5. The number of nitrogens with zero attached hydrogens (tertiary/aromatic N) is 4. The number of aryl methyl sites for hydroxylation is 1. The Kier molecular flexibility index (Phi) is 8.80. The quantitative estimate of drug-likeness (QED) is 0.157. The maximum absolute atomic E-state index is 15.9. The van der Waals surface area contributed by atoms with E-state index in [1.807, 2.05) is 13.0 Å². The lowest BCUT2D eigenvalue weighted by Crippen LogP contribution is -2.21. The van der Waals surface area contributed by atoms with E-state index < -0.39 is 23.6 Å². The number of hydrogen-bond donors (Lipinski definition) is 6. The summed E-state index contributed by atoms with van der Waals surface area (Å²) in [6.45, 7) is 1.26. The van der Waals surface area contributed by atoms with E-state index in [1.54, 1.807) is 24.3 Å². The monoisotopic (exact) mass is 562 g/mol. The number of aliphatic hydroxyl groups is 1. The predicted octanol–water partition coefficient (Wildman–Crippen LogP) is 2.45. The number of nitrogens with two attached hydrogens (primary N) is 1. The number of amides is 1. The van der Waals surface area contributed by atoms with Crippen molar-refractivity contribution < 1.29 is 24.1 Å². The Labute approximate surface area is 233 Å². The van der Waals surface area contributed by atoms with Gasteiger partial charge in [-0.05, 0) is 53.9 Å². The molecule has 4 rings (SSSR count). The van der Waals surface area contributed by atoms with E-state index in [9.17, 15) is 20.0 Å². The number of H-pyrrole nitrogens is 1. The van der Waals surface area contributed by atoms with Crippen molar-refractivity contribution in [3.8, 4) is 17.6 Å². The fourth-order valence-electron chi connectivity index (χ4n) is 4.12. The largest absolute Gasteiger partial charge is 0.488 e. The number of anilines is 2. The first-order valence-corrected chi connectivity index (χ1v) is 12.5. The summed E-state index contributed by atoms with van der Waals surface area (Å²) >= 11 is 0. The highest BCUT2D eigenvalue weighted by atomic mass is 19.1. The molecule has 4 aromatic rings. The van der Waals surface area contributed by atoms with Gasteiger partial charge in [0, 0.05) is 24.0 Å². The predicted molar refractivity (Wildman–Crippen MR) is 146 cm³/mol. The smallest absolute Gasteiger partial charge is 0.404 e. The summed E-state index contributed by atoms with van der Waals surface area (Å²) in [6.07, 6.45) is 0.698. The van der Waals surface area contributed by atoms with E-state index in [0.717, 1.165) is 4.68 Å². The Balaban J connectivity index is 1.87. The van der Waals surface area contributed by atoms with Gasteiger partial charge in [0.2, 0.25) is 0 Å². The van der Waals surface area contributed by atoms with E-state index in [1.165, 1.54) is 24.4 Å². The molecule has 0 aliphatic carbocycles. The number of carboxylic acid groups (broad SMARTS) is 1. The maximum Gasteiger partial charge on any atom is 0.404 e. The fourth-order valence-corrected chi connectivity index (χ4v) is 4.12. The number of halogens is 1. The van der Waals surface area contributed by atoms with Gasteiger partial charge in [-0.2, -0.15) is 9.94 Å². The zero-order valence-electron chi connectivity index (χ0n) is 21.9. The van der Waals surface area contributed by atoms with Crippen molar-refractivity contribution in [2.75, 3.05) is 24.3 Å². The molecule has 7 N–H and O–H groups in total. The molecule has 1 unspecified atom stereocenters. The molecular weight excluding hydrogens is 535 g/mol. The molecule has 1 amide bonds. The van der Waals surface area contributed by atoms with Crippen LogP contribution in [0.5, 0.6) is 5.75 Å². The number of benzene rings is 2. The van der Waals surface area contributed by atoms with Crippen molar-refractivity contribution in [2.24, 2.45) is 0 Å². The molecule has 41 heavy (non-hydrogen) atoms. The molecule has 2 heterocycles. The highest BCUT2D eigenvalue weighted by Crippen LogP contribution is 2.33. The van der Waals surface area contributed by atoms with E-state index in [0.29, 0.717) is 23.2 Å². The molecule has 212 valence electrons. The third-order valence-corrected chi connectivity index (χ3v) is 6.09. The van der Waals surface area contributed by atoms with E-state index in [2.05, 4.69) is 25.7 Å². The van der Waals surface area contributed by atoms with Gasteiger partial charge >= 0.3 is 11.8 Å². The maximum atomic E-state index is 15.9. The average molecular weight is 563 g/mol. The second-order valence-corrected chi connectivity index (χ2v) is 8.79. The van der Waals surface area contributed by atoms with Crippen molar-refractivity contribution in [2.45, 2.75) is 25.9 Å². The van der Waals surface area contributed by atoms with Crippen molar-refractivity contribution in [1.29, 1.82) is 5.26 Å². The molecule has 0 fully saturated rings. The first kappa shape index (κ1) is 28.6. The van der Waals surface area contributed by atoms with Crippen molar-refractivity contribution in [3.63, 3.8) is 0 Å². The Morgan fingerprint density at radius 1 is 1.32 bits per heavy atom. The molecule has 0 radical (unpaired) electrons. The molecule has 0 saturated heterocycles. The van der Waals surface area contributed by atoms with Crippen LogP contribution in [-0.2, 0) is 13.0 Å². The summed E-state index contributed by atoms with van der Waals surface area (Å²) in [4.78, 5) is 30.8. The number of nitrogens with one attached hydrogen (secondary N) is 3. The summed E-state index contributed by atoms with van der Waals surface area (Å²) in [6, 6.07) is 11.8. The van der Waals surface area contributed by atoms with Crippen LogP contribution in [0.15, 0.2) is 53.5 Å². The van der Waals surface area contributed by atoms with Gasteiger partial charge in [0.25, 0.3) is 0 Å². The minimum atomic E-state index is -1.27. The van der Waals surface area contributed by atoms with Crippen molar-refractivity contribution >= 4 is 17.5 Å². The first-order chi connectivity index (χ1) is 19.7. The van der Waals surface area contributed by atoms with Gasteiger partial charge in [-0.15, -0.1) is 5.10 Å². The summed E-state index contributed by atoms with van der Waals surface area (Å²) < 4.78 is 22.3. The van der Waals surface area contributed by atoms with Crippen LogP contribution in [0.3, 0.4) is 0 Å². The zero-order valence-corrected chi connectivity index (χ0v) is 21.9. The number of ether oxygens (including phenoxy) is 1. The second-order valence-electron chi connectivity index (χ2n) is 8.79. The minimum Gasteiger partial charge on any atom is -0.488 e. The average Bonchev–Trinajstić information content (AvgIpc) is 3.35. The number of hydrogen-bond acceptors (Lipinski definition) is 9. The highest BCUT2D eigenvalue weighted by Gasteiger charge is 2.27. The third-order valence-electron chi connectivity index (χ3n) is 6.09. The SMILES string of the molecule is CCc1cc(OCCO)c(F)c(C(Nc2ccc(C#N)c(CNC(=O)O)c2)c2nn(-c3ncccc3N)c(=O)[nH]2)c1. The minimum absolute atomic E-state index is 0.00915. The van der Waals surface area contributed by atoms with Gasteiger partial charge in [-0.1, -0.05) is 13.0 Å². The number of nitrogen functional groups attached to an aromatic ring is 1. The van der Waals surface area contributed by atoms with Gasteiger partial charge in [0.05, 0.1) is 23.9 Å². The summed E-state index contributed by atoms with van der Waals surface area (Å²) in [5.41, 5.74) is 7.29. The Hall–Kier alpha value is -5.42. The summed E-state index contributed by atoms with van der Waals surface area (Å²) in [5, 5.41) is 37.5. The molecule has 0 aliphatic rings. The number of rotatable bonds is 11. The summed E-state index contributed by atoms with van der Waals surface area (Å²) in [5.74, 6) is -0.756. The van der Waals surface area contributed by atoms with E-state index in [4.69, 9.17) is 15.6 Å². The normalized spacial score (nSPS) is 11.5. The molecule has 14 heteroatoms. The van der Waals surface area contributed by atoms with Crippen LogP contribution in [0.1, 0.15) is 41.0 Å². The van der Waals surface area contributed by atoms with E-state index >= 15 is 4.39 Å². The van der Waals surface area contributed by atoms with E-state index in [-0.39, 0.29) is 54.0 Å².